The number of benzene rings is 2. The maximum Gasteiger partial charge on any atom is 0.325 e. The molecule has 2 amide bonds. The Hall–Kier alpha value is -3.52. The molecular formula is C24H22BrN3O4. The predicted molar refractivity (Wildman–Crippen MR) is 125 cm³/mol. The molecular weight excluding hydrogens is 474 g/mol. The summed E-state index contributed by atoms with van der Waals surface area (Å²) in [4.78, 5) is 40.2. The highest BCUT2D eigenvalue weighted by molar-refractivity contribution is 9.10. The van der Waals surface area contributed by atoms with E-state index in [-0.39, 0.29) is 24.8 Å². The Labute approximate surface area is 194 Å². The van der Waals surface area contributed by atoms with E-state index in [1.54, 1.807) is 37.3 Å². The number of aromatic nitrogens is 1. The largest absolute Gasteiger partial charge is 0.468 e. The van der Waals surface area contributed by atoms with Crippen LogP contribution in [0.3, 0.4) is 0 Å². The van der Waals surface area contributed by atoms with Crippen molar-refractivity contribution in [1.82, 2.24) is 10.3 Å². The average Bonchev–Trinajstić information content (AvgIpc) is 2.78. The van der Waals surface area contributed by atoms with Gasteiger partial charge >= 0.3 is 5.97 Å². The van der Waals surface area contributed by atoms with Crippen molar-refractivity contribution >= 4 is 39.4 Å². The third kappa shape index (κ3) is 6.24. The van der Waals surface area contributed by atoms with Gasteiger partial charge in [0.2, 0.25) is 5.91 Å². The van der Waals surface area contributed by atoms with Crippen LogP contribution in [0.15, 0.2) is 65.1 Å². The first kappa shape index (κ1) is 23.1. The Morgan fingerprint density at radius 2 is 1.78 bits per heavy atom. The van der Waals surface area contributed by atoms with E-state index < -0.39 is 5.97 Å². The first-order chi connectivity index (χ1) is 15.4. The highest BCUT2D eigenvalue weighted by Gasteiger charge is 2.13. The number of hydrogen-bond acceptors (Lipinski definition) is 5. The highest BCUT2D eigenvalue weighted by Crippen LogP contribution is 2.23. The van der Waals surface area contributed by atoms with Gasteiger partial charge in [0, 0.05) is 15.7 Å². The van der Waals surface area contributed by atoms with Crippen LogP contribution < -0.4 is 10.6 Å². The normalized spacial score (nSPS) is 10.3. The fourth-order valence-corrected chi connectivity index (χ4v) is 3.40. The number of anilines is 1. The Morgan fingerprint density at radius 3 is 2.44 bits per heavy atom. The summed E-state index contributed by atoms with van der Waals surface area (Å²) in [5.41, 5.74) is 4.20. The topological polar surface area (TPSA) is 97.4 Å². The summed E-state index contributed by atoms with van der Waals surface area (Å²) >= 11 is 3.45. The molecule has 0 aliphatic carbocycles. The van der Waals surface area contributed by atoms with Crippen LogP contribution in [-0.4, -0.2) is 36.4 Å². The number of carbonyl (C=O) groups excluding carboxylic acids is 3. The number of carbonyl (C=O) groups is 3. The summed E-state index contributed by atoms with van der Waals surface area (Å²) in [5.74, 6) is -1.07. The smallest absolute Gasteiger partial charge is 0.325 e. The summed E-state index contributed by atoms with van der Waals surface area (Å²) in [5, 5.41) is 5.33. The van der Waals surface area contributed by atoms with Gasteiger partial charge in [-0.15, -0.1) is 0 Å². The molecule has 2 aromatic carbocycles. The molecule has 0 bridgehead atoms. The van der Waals surface area contributed by atoms with E-state index in [9.17, 15) is 14.4 Å². The average molecular weight is 496 g/mol. The third-order valence-electron chi connectivity index (χ3n) is 4.68. The molecule has 164 valence electrons. The molecule has 0 spiro atoms. The van der Waals surface area contributed by atoms with E-state index in [0.717, 1.165) is 21.3 Å². The minimum absolute atomic E-state index is 0.116. The number of nitrogens with zero attached hydrogens (tertiary/aromatic N) is 1. The van der Waals surface area contributed by atoms with Gasteiger partial charge in [0.1, 0.15) is 6.54 Å². The van der Waals surface area contributed by atoms with E-state index in [0.29, 0.717) is 16.9 Å². The Bertz CT molecular complexity index is 1150. The summed E-state index contributed by atoms with van der Waals surface area (Å²) in [6, 6.07) is 18.3. The zero-order chi connectivity index (χ0) is 23.1. The monoisotopic (exact) mass is 495 g/mol. The van der Waals surface area contributed by atoms with Gasteiger partial charge in [0.05, 0.1) is 30.5 Å². The van der Waals surface area contributed by atoms with Crippen molar-refractivity contribution in [3.05, 3.63) is 82.0 Å². The molecule has 3 rings (SSSR count). The molecule has 1 heterocycles. The van der Waals surface area contributed by atoms with Gasteiger partial charge in [0.25, 0.3) is 5.91 Å². The molecule has 0 saturated heterocycles. The molecule has 0 radical (unpaired) electrons. The van der Waals surface area contributed by atoms with Crippen molar-refractivity contribution in [2.45, 2.75) is 13.3 Å². The van der Waals surface area contributed by atoms with Gasteiger partial charge in [-0.2, -0.15) is 0 Å². The highest BCUT2D eigenvalue weighted by atomic mass is 79.9. The lowest BCUT2D eigenvalue weighted by Gasteiger charge is -2.10. The number of pyridine rings is 1. The van der Waals surface area contributed by atoms with Crippen molar-refractivity contribution < 1.29 is 19.1 Å². The van der Waals surface area contributed by atoms with Crippen molar-refractivity contribution in [1.29, 1.82) is 0 Å². The zero-order valence-corrected chi connectivity index (χ0v) is 19.2. The van der Waals surface area contributed by atoms with Crippen LogP contribution in [0.25, 0.3) is 11.3 Å². The lowest BCUT2D eigenvalue weighted by molar-refractivity contribution is -0.141. The first-order valence-corrected chi connectivity index (χ1v) is 10.6. The summed E-state index contributed by atoms with van der Waals surface area (Å²) < 4.78 is 5.44. The standard InChI is InChI=1S/C24H22BrN3O4/c1-15-20(10-11-21(27-15)17-4-3-5-18(25)13-17)24(31)28-19-8-6-16(7-9-19)12-22(29)26-14-23(30)32-2/h3-11,13H,12,14H2,1-2H3,(H,26,29)(H,28,31). The second-order valence-corrected chi connectivity index (χ2v) is 7.94. The summed E-state index contributed by atoms with van der Waals surface area (Å²) in [6.07, 6.45) is 0.116. The molecule has 8 heteroatoms. The third-order valence-corrected chi connectivity index (χ3v) is 5.18. The molecule has 1 aromatic heterocycles. The van der Waals surface area contributed by atoms with Gasteiger partial charge in [-0.05, 0) is 48.9 Å². The van der Waals surface area contributed by atoms with Crippen molar-refractivity contribution in [3.63, 3.8) is 0 Å². The fourth-order valence-electron chi connectivity index (χ4n) is 3.00. The summed E-state index contributed by atoms with van der Waals surface area (Å²) in [7, 11) is 1.26. The lowest BCUT2D eigenvalue weighted by atomic mass is 10.1. The second-order valence-electron chi connectivity index (χ2n) is 7.02. The maximum absolute atomic E-state index is 12.7. The van der Waals surface area contributed by atoms with Crippen LogP contribution in [0, 0.1) is 6.92 Å². The molecule has 0 aliphatic heterocycles. The molecule has 3 aromatic rings. The molecule has 0 fully saturated rings. The maximum atomic E-state index is 12.7. The van der Waals surface area contributed by atoms with E-state index >= 15 is 0 Å². The van der Waals surface area contributed by atoms with E-state index in [1.807, 2.05) is 30.3 Å². The zero-order valence-electron chi connectivity index (χ0n) is 17.6. The number of methoxy groups -OCH3 is 1. The van der Waals surface area contributed by atoms with E-state index in [1.165, 1.54) is 7.11 Å². The van der Waals surface area contributed by atoms with Crippen LogP contribution in [-0.2, 0) is 20.7 Å². The number of esters is 1. The summed E-state index contributed by atoms with van der Waals surface area (Å²) in [6.45, 7) is 1.63. The number of aryl methyl sites for hydroxylation is 1. The van der Waals surface area contributed by atoms with E-state index in [2.05, 4.69) is 36.3 Å². The van der Waals surface area contributed by atoms with E-state index in [4.69, 9.17) is 0 Å². The second kappa shape index (κ2) is 10.7. The molecule has 0 saturated carbocycles. The quantitative estimate of drug-likeness (QED) is 0.484. The van der Waals surface area contributed by atoms with Crippen molar-refractivity contribution in [3.8, 4) is 11.3 Å². The van der Waals surface area contributed by atoms with Gasteiger partial charge in [-0.1, -0.05) is 40.2 Å². The van der Waals surface area contributed by atoms with Crippen LogP contribution in [0.2, 0.25) is 0 Å². The number of nitrogens with one attached hydrogen (secondary N) is 2. The van der Waals surface area contributed by atoms with Gasteiger partial charge in [0.15, 0.2) is 0 Å². The molecule has 0 unspecified atom stereocenters. The predicted octanol–water partition coefficient (Wildman–Crippen LogP) is 3.90. The lowest BCUT2D eigenvalue weighted by Crippen LogP contribution is -2.31. The molecule has 0 aliphatic rings. The number of amides is 2. The SMILES string of the molecule is COC(=O)CNC(=O)Cc1ccc(NC(=O)c2ccc(-c3cccc(Br)c3)nc2C)cc1. The van der Waals surface area contributed by atoms with Crippen molar-refractivity contribution in [2.24, 2.45) is 0 Å². The molecule has 7 nitrogen and oxygen atoms in total. The Balaban J connectivity index is 1.62. The minimum Gasteiger partial charge on any atom is -0.468 e. The molecule has 2 N–H and O–H groups in total. The number of hydrogen-bond donors (Lipinski definition) is 2. The van der Waals surface area contributed by atoms with Crippen LogP contribution in [0.5, 0.6) is 0 Å². The van der Waals surface area contributed by atoms with Crippen molar-refractivity contribution in [2.75, 3.05) is 19.0 Å². The van der Waals surface area contributed by atoms with Gasteiger partial charge in [-0.25, -0.2) is 0 Å². The number of halogens is 1. The van der Waals surface area contributed by atoms with Gasteiger partial charge in [-0.3, -0.25) is 19.4 Å². The van der Waals surface area contributed by atoms with Crippen LogP contribution in [0.4, 0.5) is 5.69 Å². The Kier molecular flexibility index (Phi) is 7.72. The number of rotatable bonds is 7. The number of ether oxygens (including phenoxy) is 1. The van der Waals surface area contributed by atoms with Crippen LogP contribution >= 0.6 is 15.9 Å². The molecule has 0 atom stereocenters. The molecule has 32 heavy (non-hydrogen) atoms. The first-order valence-electron chi connectivity index (χ1n) is 9.83. The minimum atomic E-state index is -0.508. The fraction of sp³-hybridized carbons (Fsp3) is 0.167. The van der Waals surface area contributed by atoms with Gasteiger partial charge < -0.3 is 15.4 Å². The Morgan fingerprint density at radius 1 is 1.03 bits per heavy atom. The van der Waals surface area contributed by atoms with Crippen LogP contribution in [0.1, 0.15) is 21.6 Å².